The fourth-order valence-electron chi connectivity index (χ4n) is 1.96. The fourth-order valence-corrected chi connectivity index (χ4v) is 1.96. The van der Waals surface area contributed by atoms with Crippen LogP contribution >= 0.6 is 0 Å². The predicted molar refractivity (Wildman–Crippen MR) is 76.3 cm³/mol. The highest BCUT2D eigenvalue weighted by Gasteiger charge is 2.00. The van der Waals surface area contributed by atoms with Crippen molar-refractivity contribution < 1.29 is 9.13 Å². The number of halogens is 1. The van der Waals surface area contributed by atoms with E-state index in [1.54, 1.807) is 13.2 Å². The molecule has 0 atom stereocenters. The Balaban J connectivity index is 1.88. The summed E-state index contributed by atoms with van der Waals surface area (Å²) in [5.41, 5.74) is 3.15. The maximum Gasteiger partial charge on any atom is 0.123 e. The summed E-state index contributed by atoms with van der Waals surface area (Å²) < 4.78 is 18.1. The van der Waals surface area contributed by atoms with Gasteiger partial charge in [0.15, 0.2) is 0 Å². The van der Waals surface area contributed by atoms with Gasteiger partial charge in [0.05, 0.1) is 7.11 Å². The predicted octanol–water partition coefficient (Wildman–Crippen LogP) is 3.80. The quantitative estimate of drug-likeness (QED) is 0.882. The van der Waals surface area contributed by atoms with Gasteiger partial charge in [0.25, 0.3) is 0 Å². The van der Waals surface area contributed by atoms with Crippen molar-refractivity contribution in [2.24, 2.45) is 0 Å². The van der Waals surface area contributed by atoms with Gasteiger partial charge in [0.2, 0.25) is 0 Å². The SMILES string of the molecule is COc1ccc(CCNc2ccc(F)cc2C)cc1. The summed E-state index contributed by atoms with van der Waals surface area (Å²) in [7, 11) is 1.66. The zero-order valence-electron chi connectivity index (χ0n) is 11.2. The molecule has 0 aliphatic heterocycles. The van der Waals surface area contributed by atoms with Gasteiger partial charge in [-0.3, -0.25) is 0 Å². The molecule has 0 saturated carbocycles. The number of ether oxygens (including phenoxy) is 1. The van der Waals surface area contributed by atoms with Crippen molar-refractivity contribution >= 4 is 5.69 Å². The molecule has 100 valence electrons. The number of methoxy groups -OCH3 is 1. The summed E-state index contributed by atoms with van der Waals surface area (Å²) in [4.78, 5) is 0. The number of rotatable bonds is 5. The van der Waals surface area contributed by atoms with Crippen LogP contribution in [0.15, 0.2) is 42.5 Å². The summed E-state index contributed by atoms with van der Waals surface area (Å²) >= 11 is 0. The van der Waals surface area contributed by atoms with Gasteiger partial charge in [-0.25, -0.2) is 4.39 Å². The Morgan fingerprint density at radius 1 is 1.11 bits per heavy atom. The Bertz CT molecular complexity index is 537. The first-order chi connectivity index (χ1) is 9.19. The van der Waals surface area contributed by atoms with E-state index >= 15 is 0 Å². The molecule has 0 radical (unpaired) electrons. The largest absolute Gasteiger partial charge is 0.497 e. The smallest absolute Gasteiger partial charge is 0.123 e. The van der Waals surface area contributed by atoms with Gasteiger partial charge >= 0.3 is 0 Å². The molecule has 0 bridgehead atoms. The molecule has 0 amide bonds. The fraction of sp³-hybridized carbons (Fsp3) is 0.250. The second kappa shape index (κ2) is 6.23. The molecule has 0 spiro atoms. The van der Waals surface area contributed by atoms with E-state index in [1.807, 2.05) is 19.1 Å². The molecule has 3 heteroatoms. The van der Waals surface area contributed by atoms with Gasteiger partial charge in [0.1, 0.15) is 11.6 Å². The molecule has 0 aliphatic carbocycles. The van der Waals surface area contributed by atoms with Gasteiger partial charge in [-0.2, -0.15) is 0 Å². The lowest BCUT2D eigenvalue weighted by Crippen LogP contribution is -2.06. The molecule has 2 aromatic rings. The van der Waals surface area contributed by atoms with Crippen LogP contribution in [0.1, 0.15) is 11.1 Å². The zero-order valence-corrected chi connectivity index (χ0v) is 11.2. The summed E-state index contributed by atoms with van der Waals surface area (Å²) in [6.45, 7) is 2.72. The van der Waals surface area contributed by atoms with Crippen LogP contribution in [0.25, 0.3) is 0 Å². The third kappa shape index (κ3) is 3.71. The number of aryl methyl sites for hydroxylation is 1. The lowest BCUT2D eigenvalue weighted by Gasteiger charge is -2.09. The zero-order chi connectivity index (χ0) is 13.7. The third-order valence-corrected chi connectivity index (χ3v) is 3.08. The Morgan fingerprint density at radius 3 is 2.47 bits per heavy atom. The summed E-state index contributed by atoms with van der Waals surface area (Å²) in [5, 5.41) is 3.32. The highest BCUT2D eigenvalue weighted by molar-refractivity contribution is 5.50. The van der Waals surface area contributed by atoms with Crippen molar-refractivity contribution in [3.8, 4) is 5.75 Å². The molecule has 0 aromatic heterocycles. The van der Waals surface area contributed by atoms with E-state index in [2.05, 4.69) is 17.4 Å². The van der Waals surface area contributed by atoms with E-state index in [1.165, 1.54) is 17.7 Å². The molecule has 0 fully saturated rings. The second-order valence-electron chi connectivity index (χ2n) is 4.48. The molecule has 1 N–H and O–H groups in total. The van der Waals surface area contributed by atoms with Crippen LogP contribution in [-0.4, -0.2) is 13.7 Å². The van der Waals surface area contributed by atoms with Crippen LogP contribution in [0, 0.1) is 12.7 Å². The molecule has 2 nitrogen and oxygen atoms in total. The molecule has 19 heavy (non-hydrogen) atoms. The average Bonchev–Trinajstić information content (AvgIpc) is 2.42. The summed E-state index contributed by atoms with van der Waals surface area (Å²) in [6.07, 6.45) is 0.917. The van der Waals surface area contributed by atoms with Gasteiger partial charge < -0.3 is 10.1 Å². The minimum Gasteiger partial charge on any atom is -0.497 e. The Morgan fingerprint density at radius 2 is 1.84 bits per heavy atom. The molecule has 0 heterocycles. The van der Waals surface area contributed by atoms with Crippen LogP contribution in [0.3, 0.4) is 0 Å². The van der Waals surface area contributed by atoms with Crippen molar-refractivity contribution in [1.82, 2.24) is 0 Å². The Kier molecular flexibility index (Phi) is 4.39. The molecule has 0 unspecified atom stereocenters. The molecular formula is C16H18FNO. The second-order valence-corrected chi connectivity index (χ2v) is 4.48. The standard InChI is InChI=1S/C16H18FNO/c1-12-11-14(17)5-8-16(12)18-10-9-13-3-6-15(19-2)7-4-13/h3-8,11,18H,9-10H2,1-2H3. The van der Waals surface area contributed by atoms with Gasteiger partial charge in [-0.1, -0.05) is 12.1 Å². The molecule has 0 aliphatic rings. The summed E-state index contributed by atoms with van der Waals surface area (Å²) in [5.74, 6) is 0.671. The van der Waals surface area contributed by atoms with Crippen LogP contribution in [-0.2, 0) is 6.42 Å². The van der Waals surface area contributed by atoms with Crippen LogP contribution in [0.2, 0.25) is 0 Å². The minimum absolute atomic E-state index is 0.196. The third-order valence-electron chi connectivity index (χ3n) is 3.08. The van der Waals surface area contributed by atoms with E-state index in [9.17, 15) is 4.39 Å². The molecule has 0 saturated heterocycles. The van der Waals surface area contributed by atoms with Gasteiger partial charge in [-0.15, -0.1) is 0 Å². The van der Waals surface area contributed by atoms with Crippen molar-refractivity contribution in [1.29, 1.82) is 0 Å². The average molecular weight is 259 g/mol. The monoisotopic (exact) mass is 259 g/mol. The Labute approximate surface area is 113 Å². The van der Waals surface area contributed by atoms with Gasteiger partial charge in [0, 0.05) is 12.2 Å². The first-order valence-electron chi connectivity index (χ1n) is 6.32. The van der Waals surface area contributed by atoms with Crippen LogP contribution in [0.4, 0.5) is 10.1 Å². The highest BCUT2D eigenvalue weighted by atomic mass is 19.1. The van der Waals surface area contributed by atoms with E-state index in [4.69, 9.17) is 4.74 Å². The van der Waals surface area contributed by atoms with Gasteiger partial charge in [-0.05, 0) is 54.8 Å². The number of hydrogen-bond acceptors (Lipinski definition) is 2. The maximum atomic E-state index is 13.0. The van der Waals surface area contributed by atoms with Crippen LogP contribution in [0.5, 0.6) is 5.75 Å². The lowest BCUT2D eigenvalue weighted by atomic mass is 10.1. The highest BCUT2D eigenvalue weighted by Crippen LogP contribution is 2.16. The molecule has 2 aromatic carbocycles. The number of benzene rings is 2. The Hall–Kier alpha value is -2.03. The van der Waals surface area contributed by atoms with E-state index < -0.39 is 0 Å². The first-order valence-corrected chi connectivity index (χ1v) is 6.32. The maximum absolute atomic E-state index is 13.0. The van der Waals surface area contributed by atoms with Crippen molar-refractivity contribution in [2.45, 2.75) is 13.3 Å². The van der Waals surface area contributed by atoms with Crippen molar-refractivity contribution in [3.63, 3.8) is 0 Å². The van der Waals surface area contributed by atoms with E-state index in [-0.39, 0.29) is 5.82 Å². The number of hydrogen-bond donors (Lipinski definition) is 1. The normalized spacial score (nSPS) is 10.3. The molecular weight excluding hydrogens is 241 g/mol. The van der Waals surface area contributed by atoms with Crippen molar-refractivity contribution in [3.05, 3.63) is 59.4 Å². The minimum atomic E-state index is -0.196. The van der Waals surface area contributed by atoms with Crippen LogP contribution < -0.4 is 10.1 Å². The first kappa shape index (κ1) is 13.4. The van der Waals surface area contributed by atoms with E-state index in [0.29, 0.717) is 0 Å². The summed E-state index contributed by atoms with van der Waals surface area (Å²) in [6, 6.07) is 12.8. The lowest BCUT2D eigenvalue weighted by molar-refractivity contribution is 0.414. The number of anilines is 1. The van der Waals surface area contributed by atoms with E-state index in [0.717, 1.165) is 30.0 Å². The topological polar surface area (TPSA) is 21.3 Å². The molecule has 2 rings (SSSR count). The van der Waals surface area contributed by atoms with Crippen molar-refractivity contribution in [2.75, 3.05) is 19.0 Å². The number of nitrogens with one attached hydrogen (secondary N) is 1.